The second-order valence-corrected chi connectivity index (χ2v) is 2.54. The summed E-state index contributed by atoms with van der Waals surface area (Å²) < 4.78 is 0. The van der Waals surface area contributed by atoms with E-state index in [-0.39, 0.29) is 6.54 Å². The highest BCUT2D eigenvalue weighted by Crippen LogP contribution is 2.17. The maximum absolute atomic E-state index is 10.1. The monoisotopic (exact) mass is 196 g/mol. The van der Waals surface area contributed by atoms with Crippen molar-refractivity contribution in [2.24, 2.45) is 5.18 Å². The van der Waals surface area contributed by atoms with Gasteiger partial charge >= 0.3 is 0 Å². The number of rotatable bonds is 5. The first kappa shape index (κ1) is 10.1. The van der Waals surface area contributed by atoms with E-state index in [1.54, 1.807) is 30.3 Å². The minimum absolute atomic E-state index is 0.273. The van der Waals surface area contributed by atoms with E-state index in [0.717, 1.165) is 0 Å². The van der Waals surface area contributed by atoms with Crippen LogP contribution < -0.4 is 0 Å². The van der Waals surface area contributed by atoms with Gasteiger partial charge in [0.2, 0.25) is 0 Å². The topological polar surface area (TPSA) is 81.8 Å². The fraction of sp³-hybridized carbons (Fsp3) is 0.250. The molecule has 0 fully saturated rings. The molecule has 0 aliphatic carbocycles. The van der Waals surface area contributed by atoms with Crippen LogP contribution in [-0.4, -0.2) is 11.6 Å². The van der Waals surface area contributed by atoms with Gasteiger partial charge in [-0.2, -0.15) is 4.91 Å². The van der Waals surface area contributed by atoms with Crippen molar-refractivity contribution >= 4 is 0 Å². The molecule has 0 N–H and O–H groups in total. The molecule has 6 heteroatoms. The highest BCUT2D eigenvalue weighted by atomic mass is 17.0. The van der Waals surface area contributed by atoms with Crippen molar-refractivity contribution in [1.29, 1.82) is 0 Å². The third-order valence-corrected chi connectivity index (χ3v) is 1.63. The zero-order chi connectivity index (χ0) is 10.4. The standard InChI is InChI=1S/C8H8N2O4/c11-9-6-8(14-10(12)13)7-4-2-1-3-5-7/h1-5,8H,6H2. The molecule has 1 atom stereocenters. The Kier molecular flexibility index (Phi) is 3.54. The van der Waals surface area contributed by atoms with Crippen LogP contribution in [0, 0.1) is 15.0 Å². The van der Waals surface area contributed by atoms with Gasteiger partial charge in [-0.3, -0.25) is 0 Å². The van der Waals surface area contributed by atoms with E-state index in [4.69, 9.17) is 0 Å². The van der Waals surface area contributed by atoms with Crippen LogP contribution in [0.1, 0.15) is 11.7 Å². The van der Waals surface area contributed by atoms with Crippen LogP contribution in [0.4, 0.5) is 0 Å². The maximum atomic E-state index is 10.1. The summed E-state index contributed by atoms with van der Waals surface area (Å²) in [6.45, 7) is -0.273. The summed E-state index contributed by atoms with van der Waals surface area (Å²) >= 11 is 0. The fourth-order valence-corrected chi connectivity index (χ4v) is 1.04. The molecule has 14 heavy (non-hydrogen) atoms. The van der Waals surface area contributed by atoms with Crippen LogP contribution in [0.25, 0.3) is 0 Å². The maximum Gasteiger partial charge on any atom is 0.295 e. The summed E-state index contributed by atoms with van der Waals surface area (Å²) in [5.41, 5.74) is 0.559. The molecule has 0 radical (unpaired) electrons. The van der Waals surface area contributed by atoms with Gasteiger partial charge in [-0.15, -0.1) is 10.1 Å². The van der Waals surface area contributed by atoms with Gasteiger partial charge in [-0.1, -0.05) is 35.5 Å². The molecule has 1 unspecified atom stereocenters. The fourth-order valence-electron chi connectivity index (χ4n) is 1.04. The van der Waals surface area contributed by atoms with Gasteiger partial charge in [-0.05, 0) is 5.56 Å². The van der Waals surface area contributed by atoms with Crippen molar-refractivity contribution < 1.29 is 9.92 Å². The predicted molar refractivity (Wildman–Crippen MR) is 47.9 cm³/mol. The van der Waals surface area contributed by atoms with Crippen LogP contribution in [0.2, 0.25) is 0 Å². The second-order valence-electron chi connectivity index (χ2n) is 2.54. The average molecular weight is 196 g/mol. The predicted octanol–water partition coefficient (Wildman–Crippen LogP) is 1.70. The lowest BCUT2D eigenvalue weighted by Crippen LogP contribution is -2.12. The van der Waals surface area contributed by atoms with Gasteiger partial charge < -0.3 is 4.84 Å². The molecule has 0 bridgehead atoms. The normalized spacial score (nSPS) is 11.7. The molecule has 0 heterocycles. The molecule has 1 rings (SSSR count). The second kappa shape index (κ2) is 4.90. The van der Waals surface area contributed by atoms with Crippen molar-refractivity contribution in [2.75, 3.05) is 6.54 Å². The number of hydrogen-bond acceptors (Lipinski definition) is 5. The molecule has 0 saturated heterocycles. The summed E-state index contributed by atoms with van der Waals surface area (Å²) in [6.07, 6.45) is -0.913. The highest BCUT2D eigenvalue weighted by Gasteiger charge is 2.15. The van der Waals surface area contributed by atoms with Gasteiger partial charge in [0, 0.05) is 0 Å². The molecule has 6 nitrogen and oxygen atoms in total. The Morgan fingerprint density at radius 2 is 2.07 bits per heavy atom. The van der Waals surface area contributed by atoms with Crippen molar-refractivity contribution in [1.82, 2.24) is 0 Å². The van der Waals surface area contributed by atoms with Crippen LogP contribution in [-0.2, 0) is 4.84 Å². The Hall–Kier alpha value is -1.98. The molecule has 0 spiro atoms. The summed E-state index contributed by atoms with van der Waals surface area (Å²) in [7, 11) is 0. The first-order valence-electron chi connectivity index (χ1n) is 3.89. The number of hydrogen-bond donors (Lipinski definition) is 0. The summed E-state index contributed by atoms with van der Waals surface area (Å²) in [5, 5.41) is 11.8. The highest BCUT2D eigenvalue weighted by molar-refractivity contribution is 5.17. The molecular weight excluding hydrogens is 188 g/mol. The first-order valence-corrected chi connectivity index (χ1v) is 3.89. The van der Waals surface area contributed by atoms with Gasteiger partial charge in [0.05, 0.1) is 0 Å². The molecular formula is C8H8N2O4. The summed E-state index contributed by atoms with van der Waals surface area (Å²) in [4.78, 5) is 24.4. The molecule has 1 aromatic rings. The van der Waals surface area contributed by atoms with Gasteiger partial charge in [-0.25, -0.2) is 0 Å². The SMILES string of the molecule is O=NCC(O[N+](=O)[O-])c1ccccc1. The van der Waals surface area contributed by atoms with E-state index >= 15 is 0 Å². The van der Waals surface area contributed by atoms with E-state index < -0.39 is 11.2 Å². The van der Waals surface area contributed by atoms with E-state index in [1.165, 1.54) is 0 Å². The Balaban J connectivity index is 2.77. The Morgan fingerprint density at radius 1 is 1.43 bits per heavy atom. The zero-order valence-corrected chi connectivity index (χ0v) is 7.20. The lowest BCUT2D eigenvalue weighted by Gasteiger charge is -2.10. The smallest absolute Gasteiger partial charge is 0.295 e. The van der Waals surface area contributed by atoms with Crippen LogP contribution in [0.15, 0.2) is 35.5 Å². The van der Waals surface area contributed by atoms with Crippen LogP contribution >= 0.6 is 0 Å². The molecule has 0 aliphatic heterocycles. The summed E-state index contributed by atoms with van der Waals surface area (Å²) in [6, 6.07) is 8.45. The first-order chi connectivity index (χ1) is 6.74. The minimum atomic E-state index is -0.928. The molecule has 0 aliphatic rings. The Labute approximate surface area is 79.6 Å². The van der Waals surface area contributed by atoms with Crippen molar-refractivity contribution in [2.45, 2.75) is 6.10 Å². The van der Waals surface area contributed by atoms with Gasteiger partial charge in [0.1, 0.15) is 6.54 Å². The largest absolute Gasteiger partial charge is 0.304 e. The van der Waals surface area contributed by atoms with Crippen LogP contribution in [0.3, 0.4) is 0 Å². The molecule has 74 valence electrons. The lowest BCUT2D eigenvalue weighted by molar-refractivity contribution is -0.770. The molecule has 0 saturated carbocycles. The quantitative estimate of drug-likeness (QED) is 0.407. The average Bonchev–Trinajstić information content (AvgIpc) is 2.18. The van der Waals surface area contributed by atoms with Crippen molar-refractivity contribution in [3.63, 3.8) is 0 Å². The number of benzene rings is 1. The third kappa shape index (κ3) is 2.81. The van der Waals surface area contributed by atoms with Crippen LogP contribution in [0.5, 0.6) is 0 Å². The minimum Gasteiger partial charge on any atom is -0.304 e. The zero-order valence-electron chi connectivity index (χ0n) is 7.20. The molecule has 0 amide bonds. The van der Waals surface area contributed by atoms with E-state index in [0.29, 0.717) is 5.56 Å². The van der Waals surface area contributed by atoms with Gasteiger partial charge in [0.15, 0.2) is 6.10 Å². The summed E-state index contributed by atoms with van der Waals surface area (Å²) in [5.74, 6) is 0. The molecule has 1 aromatic carbocycles. The van der Waals surface area contributed by atoms with E-state index in [2.05, 4.69) is 10.0 Å². The molecule has 0 aromatic heterocycles. The van der Waals surface area contributed by atoms with Crippen molar-refractivity contribution in [3.05, 3.63) is 50.9 Å². The Morgan fingerprint density at radius 3 is 2.57 bits per heavy atom. The lowest BCUT2D eigenvalue weighted by atomic mass is 10.1. The third-order valence-electron chi connectivity index (χ3n) is 1.63. The number of nitrogens with zero attached hydrogens (tertiary/aromatic N) is 2. The van der Waals surface area contributed by atoms with Gasteiger partial charge in [0.25, 0.3) is 5.09 Å². The van der Waals surface area contributed by atoms with Crippen molar-refractivity contribution in [3.8, 4) is 0 Å². The van der Waals surface area contributed by atoms with E-state index in [9.17, 15) is 15.0 Å². The van der Waals surface area contributed by atoms with E-state index in [1.807, 2.05) is 0 Å². The Bertz CT molecular complexity index is 314. The number of nitroso groups, excluding NO2 is 1.